The van der Waals surface area contributed by atoms with Crippen LogP contribution in [0.4, 0.5) is 0 Å². The number of aromatic nitrogens is 2. The Morgan fingerprint density at radius 2 is 2.29 bits per heavy atom. The summed E-state index contributed by atoms with van der Waals surface area (Å²) in [4.78, 5) is 0. The molecule has 0 fully saturated rings. The Morgan fingerprint density at radius 3 is 3.19 bits per heavy atom. The predicted molar refractivity (Wildman–Crippen MR) is 82.2 cm³/mol. The SMILES string of the molecule is CC(NC1CCc2[nH]ncc2C1)c1cc2ccccc2o1. The molecule has 0 aliphatic heterocycles. The van der Waals surface area contributed by atoms with Crippen molar-refractivity contribution in [2.45, 2.75) is 38.3 Å². The van der Waals surface area contributed by atoms with E-state index >= 15 is 0 Å². The Bertz CT molecular complexity index is 725. The number of aryl methyl sites for hydroxylation is 1. The molecule has 2 N–H and O–H groups in total. The van der Waals surface area contributed by atoms with Crippen LogP contribution in [-0.2, 0) is 12.8 Å². The first-order valence-electron chi connectivity index (χ1n) is 7.55. The zero-order valence-electron chi connectivity index (χ0n) is 12.1. The van der Waals surface area contributed by atoms with Crippen molar-refractivity contribution >= 4 is 11.0 Å². The van der Waals surface area contributed by atoms with Gasteiger partial charge in [0.1, 0.15) is 11.3 Å². The first-order chi connectivity index (χ1) is 10.3. The van der Waals surface area contributed by atoms with E-state index in [1.165, 1.54) is 16.6 Å². The first-order valence-corrected chi connectivity index (χ1v) is 7.55. The Kier molecular flexibility index (Phi) is 3.04. The number of rotatable bonds is 3. The Balaban J connectivity index is 1.49. The Hall–Kier alpha value is -2.07. The van der Waals surface area contributed by atoms with Crippen molar-refractivity contribution in [3.8, 4) is 0 Å². The van der Waals surface area contributed by atoms with Gasteiger partial charge in [-0.15, -0.1) is 0 Å². The highest BCUT2D eigenvalue weighted by Gasteiger charge is 2.22. The lowest BCUT2D eigenvalue weighted by molar-refractivity contribution is 0.373. The molecule has 108 valence electrons. The second kappa shape index (κ2) is 5.04. The molecule has 3 aromatic rings. The van der Waals surface area contributed by atoms with Gasteiger partial charge in [-0.2, -0.15) is 5.10 Å². The molecule has 1 aliphatic rings. The van der Waals surface area contributed by atoms with Crippen LogP contribution in [0.5, 0.6) is 0 Å². The van der Waals surface area contributed by atoms with Crippen LogP contribution in [0.3, 0.4) is 0 Å². The molecule has 2 aromatic heterocycles. The molecule has 0 radical (unpaired) electrons. The fraction of sp³-hybridized carbons (Fsp3) is 0.353. The molecule has 0 saturated carbocycles. The van der Waals surface area contributed by atoms with E-state index in [0.717, 1.165) is 30.6 Å². The minimum atomic E-state index is 0.218. The molecule has 4 nitrogen and oxygen atoms in total. The molecule has 4 heteroatoms. The number of fused-ring (bicyclic) bond motifs is 2. The minimum Gasteiger partial charge on any atom is -0.459 e. The van der Waals surface area contributed by atoms with Gasteiger partial charge in [0.15, 0.2) is 0 Å². The van der Waals surface area contributed by atoms with Gasteiger partial charge in [0.25, 0.3) is 0 Å². The van der Waals surface area contributed by atoms with E-state index in [1.807, 2.05) is 24.4 Å². The van der Waals surface area contributed by atoms with Gasteiger partial charge in [-0.3, -0.25) is 5.10 Å². The normalized spacial score (nSPS) is 19.6. The summed E-state index contributed by atoms with van der Waals surface area (Å²) in [7, 11) is 0. The minimum absolute atomic E-state index is 0.218. The van der Waals surface area contributed by atoms with Gasteiger partial charge in [0.05, 0.1) is 12.2 Å². The molecule has 0 spiro atoms. The molecular weight excluding hydrogens is 262 g/mol. The van der Waals surface area contributed by atoms with Crippen molar-refractivity contribution in [1.29, 1.82) is 0 Å². The molecule has 2 unspecified atom stereocenters. The number of nitrogens with one attached hydrogen (secondary N) is 2. The summed E-state index contributed by atoms with van der Waals surface area (Å²) in [6.07, 6.45) is 5.20. The smallest absolute Gasteiger partial charge is 0.134 e. The van der Waals surface area contributed by atoms with Crippen LogP contribution in [0.15, 0.2) is 40.9 Å². The van der Waals surface area contributed by atoms with Gasteiger partial charge < -0.3 is 9.73 Å². The lowest BCUT2D eigenvalue weighted by atomic mass is 9.93. The van der Waals surface area contributed by atoms with E-state index in [4.69, 9.17) is 4.42 Å². The van der Waals surface area contributed by atoms with E-state index in [9.17, 15) is 0 Å². The molecule has 1 aliphatic carbocycles. The van der Waals surface area contributed by atoms with Crippen molar-refractivity contribution in [2.24, 2.45) is 0 Å². The zero-order chi connectivity index (χ0) is 14.2. The van der Waals surface area contributed by atoms with Gasteiger partial charge in [-0.1, -0.05) is 18.2 Å². The van der Waals surface area contributed by atoms with Crippen molar-refractivity contribution in [1.82, 2.24) is 15.5 Å². The summed E-state index contributed by atoms with van der Waals surface area (Å²) >= 11 is 0. The van der Waals surface area contributed by atoms with Crippen LogP contribution in [0, 0.1) is 0 Å². The van der Waals surface area contributed by atoms with Crippen LogP contribution < -0.4 is 5.32 Å². The highest BCUT2D eigenvalue weighted by Crippen LogP contribution is 2.26. The summed E-state index contributed by atoms with van der Waals surface area (Å²) in [6, 6.07) is 11.0. The monoisotopic (exact) mass is 281 g/mol. The average Bonchev–Trinajstić information content (AvgIpc) is 3.13. The van der Waals surface area contributed by atoms with E-state index in [1.54, 1.807) is 0 Å². The lowest BCUT2D eigenvalue weighted by Crippen LogP contribution is -2.36. The number of nitrogens with zero attached hydrogens (tertiary/aromatic N) is 1. The maximum absolute atomic E-state index is 5.94. The number of furan rings is 1. The molecule has 0 saturated heterocycles. The van der Waals surface area contributed by atoms with E-state index in [0.29, 0.717) is 6.04 Å². The second-order valence-corrected chi connectivity index (χ2v) is 5.89. The second-order valence-electron chi connectivity index (χ2n) is 5.89. The fourth-order valence-electron chi connectivity index (χ4n) is 3.21. The third kappa shape index (κ3) is 2.36. The van der Waals surface area contributed by atoms with Crippen molar-refractivity contribution < 1.29 is 4.42 Å². The number of H-pyrrole nitrogens is 1. The Labute approximate surface area is 123 Å². The van der Waals surface area contributed by atoms with E-state index in [-0.39, 0.29) is 6.04 Å². The molecule has 0 amide bonds. The molecule has 0 bridgehead atoms. The van der Waals surface area contributed by atoms with Gasteiger partial charge in [0.2, 0.25) is 0 Å². The number of hydrogen-bond donors (Lipinski definition) is 2. The van der Waals surface area contributed by atoms with E-state index in [2.05, 4.69) is 34.6 Å². The van der Waals surface area contributed by atoms with Crippen LogP contribution >= 0.6 is 0 Å². The van der Waals surface area contributed by atoms with E-state index < -0.39 is 0 Å². The first kappa shape index (κ1) is 12.7. The maximum atomic E-state index is 5.94. The standard InChI is InChI=1S/C17H19N3O/c1-11(17-9-12-4-2-3-5-16(12)21-17)19-14-6-7-15-13(8-14)10-18-20-15/h2-5,9-11,14,19H,6-8H2,1H3,(H,18,20). The summed E-state index contributed by atoms with van der Waals surface area (Å²) < 4.78 is 5.94. The summed E-state index contributed by atoms with van der Waals surface area (Å²) in [5.74, 6) is 1.01. The largest absolute Gasteiger partial charge is 0.459 e. The van der Waals surface area contributed by atoms with Crippen molar-refractivity contribution in [3.05, 3.63) is 53.5 Å². The summed E-state index contributed by atoms with van der Waals surface area (Å²) in [6.45, 7) is 2.17. The van der Waals surface area contributed by atoms with Gasteiger partial charge >= 0.3 is 0 Å². The number of hydrogen-bond acceptors (Lipinski definition) is 3. The molecule has 4 rings (SSSR count). The maximum Gasteiger partial charge on any atom is 0.134 e. The third-order valence-corrected chi connectivity index (χ3v) is 4.37. The zero-order valence-corrected chi connectivity index (χ0v) is 12.1. The van der Waals surface area contributed by atoms with Crippen LogP contribution in [-0.4, -0.2) is 16.2 Å². The number of aromatic amines is 1. The third-order valence-electron chi connectivity index (χ3n) is 4.37. The molecular formula is C17H19N3O. The van der Waals surface area contributed by atoms with Gasteiger partial charge in [0, 0.05) is 17.1 Å². The van der Waals surface area contributed by atoms with Gasteiger partial charge in [-0.05, 0) is 43.9 Å². The van der Waals surface area contributed by atoms with Crippen LogP contribution in [0.1, 0.15) is 36.4 Å². The topological polar surface area (TPSA) is 53.9 Å². The fourth-order valence-corrected chi connectivity index (χ4v) is 3.21. The predicted octanol–water partition coefficient (Wildman–Crippen LogP) is 3.36. The van der Waals surface area contributed by atoms with Crippen LogP contribution in [0.2, 0.25) is 0 Å². The number of para-hydroxylation sites is 1. The molecule has 21 heavy (non-hydrogen) atoms. The average molecular weight is 281 g/mol. The molecule has 2 atom stereocenters. The van der Waals surface area contributed by atoms with Gasteiger partial charge in [-0.25, -0.2) is 0 Å². The van der Waals surface area contributed by atoms with Crippen LogP contribution in [0.25, 0.3) is 11.0 Å². The Morgan fingerprint density at radius 1 is 1.38 bits per heavy atom. The number of benzene rings is 1. The van der Waals surface area contributed by atoms with Crippen molar-refractivity contribution in [2.75, 3.05) is 0 Å². The summed E-state index contributed by atoms with van der Waals surface area (Å²) in [5, 5.41) is 12.1. The highest BCUT2D eigenvalue weighted by molar-refractivity contribution is 5.77. The molecule has 1 aromatic carbocycles. The highest BCUT2D eigenvalue weighted by atomic mass is 16.3. The van der Waals surface area contributed by atoms with Crippen molar-refractivity contribution in [3.63, 3.8) is 0 Å². The summed E-state index contributed by atoms with van der Waals surface area (Å²) in [5.41, 5.74) is 3.60. The quantitative estimate of drug-likeness (QED) is 0.774. The molecule has 2 heterocycles. The lowest BCUT2D eigenvalue weighted by Gasteiger charge is -2.25.